The molecule has 0 spiro atoms. The summed E-state index contributed by atoms with van der Waals surface area (Å²) in [6.45, 7) is 0. The Morgan fingerprint density at radius 1 is 0.400 bits per heavy atom. The molecule has 9 aromatic carbocycles. The smallest absolute Gasteiger partial charge is 0.0979 e. The molecule has 1 fully saturated rings. The SMILES string of the molecule is c1ccc(-n2c3ccccc3c3cc(-c4ccc(-c5cccc(-c6ccc(-c7cnc8c9ccccc9c9ccccc9c8n7)cc6)c5)c5c4C4CCC5C4)ccc32)cc1. The zero-order valence-electron chi connectivity index (χ0n) is 33.0. The molecule has 2 bridgehead atoms. The molecular weight excluding hydrogens is 727 g/mol. The Balaban J connectivity index is 0.869. The van der Waals surface area contributed by atoms with Gasteiger partial charge in [0.05, 0.1) is 34.0 Å². The zero-order chi connectivity index (χ0) is 39.3. The third-order valence-electron chi connectivity index (χ3n) is 13.6. The van der Waals surface area contributed by atoms with Crippen LogP contribution in [-0.4, -0.2) is 14.5 Å². The molecule has 2 aliphatic carbocycles. The number of fused-ring (bicyclic) bond motifs is 14. The van der Waals surface area contributed by atoms with Crippen LogP contribution in [-0.2, 0) is 0 Å². The van der Waals surface area contributed by atoms with Crippen LogP contribution in [0.2, 0.25) is 0 Å². The standard InChI is InChI=1S/C57H39N3/c1-2-13-42(14-3-1)60-52-20-9-8-17-47(52)50-33-39(27-30-53(50)60)44-29-28-43(54-40-25-26-41(32-40)55(44)54)38-12-10-11-37(31-38)35-21-23-36(24-22-35)51-34-58-56-48-18-6-4-15-45(48)46-16-5-7-19-49(46)57(56)59-51/h1-24,27-31,33-34,40-41H,25-26,32H2. The number of rotatable bonds is 5. The van der Waals surface area contributed by atoms with Gasteiger partial charge in [-0.1, -0.05) is 146 Å². The number of hydrogen-bond acceptors (Lipinski definition) is 2. The van der Waals surface area contributed by atoms with Gasteiger partial charge >= 0.3 is 0 Å². The first-order valence-electron chi connectivity index (χ1n) is 21.3. The summed E-state index contributed by atoms with van der Waals surface area (Å²) in [5.41, 5.74) is 18.5. The lowest BCUT2D eigenvalue weighted by atomic mass is 9.81. The van der Waals surface area contributed by atoms with E-state index in [1.54, 1.807) is 11.1 Å². The van der Waals surface area contributed by atoms with Gasteiger partial charge in [-0.05, 0) is 123 Å². The van der Waals surface area contributed by atoms with E-state index in [0.29, 0.717) is 11.8 Å². The van der Waals surface area contributed by atoms with Gasteiger partial charge in [-0.3, -0.25) is 4.98 Å². The van der Waals surface area contributed by atoms with Crippen molar-refractivity contribution in [3.05, 3.63) is 199 Å². The summed E-state index contributed by atoms with van der Waals surface area (Å²) < 4.78 is 2.41. The van der Waals surface area contributed by atoms with Crippen LogP contribution in [0.15, 0.2) is 188 Å². The number of nitrogens with zero attached hydrogens (tertiary/aromatic N) is 3. The van der Waals surface area contributed by atoms with Crippen LogP contribution in [0.25, 0.3) is 105 Å². The van der Waals surface area contributed by atoms with Gasteiger partial charge in [0.15, 0.2) is 0 Å². The Morgan fingerprint density at radius 3 is 1.70 bits per heavy atom. The van der Waals surface area contributed by atoms with E-state index in [4.69, 9.17) is 9.97 Å². The van der Waals surface area contributed by atoms with E-state index >= 15 is 0 Å². The van der Waals surface area contributed by atoms with Gasteiger partial charge in [0.2, 0.25) is 0 Å². The van der Waals surface area contributed by atoms with Crippen molar-refractivity contribution in [2.75, 3.05) is 0 Å². The Bertz CT molecular complexity index is 3490. The van der Waals surface area contributed by atoms with E-state index < -0.39 is 0 Å². The molecule has 0 aliphatic heterocycles. The zero-order valence-corrected chi connectivity index (χ0v) is 33.0. The third kappa shape index (κ3) is 5.02. The summed E-state index contributed by atoms with van der Waals surface area (Å²) in [5.74, 6) is 1.23. The number of para-hydroxylation sites is 2. The second kappa shape index (κ2) is 13.1. The molecule has 2 aliphatic rings. The van der Waals surface area contributed by atoms with Crippen molar-refractivity contribution in [2.24, 2.45) is 0 Å². The molecule has 282 valence electrons. The van der Waals surface area contributed by atoms with Crippen molar-refractivity contribution in [1.29, 1.82) is 0 Å². The van der Waals surface area contributed by atoms with Crippen molar-refractivity contribution in [3.63, 3.8) is 0 Å². The Hall–Kier alpha value is -7.36. The van der Waals surface area contributed by atoms with Gasteiger partial charge in [-0.25, -0.2) is 4.98 Å². The lowest BCUT2D eigenvalue weighted by molar-refractivity contribution is 0.720. The second-order valence-electron chi connectivity index (χ2n) is 16.8. The Morgan fingerprint density at radius 2 is 0.967 bits per heavy atom. The second-order valence-corrected chi connectivity index (χ2v) is 16.8. The highest BCUT2D eigenvalue weighted by atomic mass is 15.0. The maximum Gasteiger partial charge on any atom is 0.0979 e. The molecule has 0 saturated heterocycles. The van der Waals surface area contributed by atoms with Crippen LogP contribution < -0.4 is 0 Å². The predicted molar refractivity (Wildman–Crippen MR) is 250 cm³/mol. The van der Waals surface area contributed by atoms with Crippen LogP contribution in [0.3, 0.4) is 0 Å². The summed E-state index contributed by atoms with van der Waals surface area (Å²) in [6, 6.07) is 66.7. The molecule has 2 heterocycles. The number of hydrogen-bond donors (Lipinski definition) is 0. The minimum Gasteiger partial charge on any atom is -0.309 e. The molecule has 3 nitrogen and oxygen atoms in total. The maximum absolute atomic E-state index is 5.24. The first-order valence-corrected chi connectivity index (χ1v) is 21.3. The fraction of sp³-hybridized carbons (Fsp3) is 0.0877. The summed E-state index contributed by atoms with van der Waals surface area (Å²) in [7, 11) is 0. The van der Waals surface area contributed by atoms with Crippen LogP contribution in [0.1, 0.15) is 42.2 Å². The van der Waals surface area contributed by atoms with E-state index in [1.807, 2.05) is 6.20 Å². The van der Waals surface area contributed by atoms with Gasteiger partial charge in [-0.2, -0.15) is 0 Å². The molecule has 11 aromatic rings. The van der Waals surface area contributed by atoms with Gasteiger partial charge in [0, 0.05) is 32.8 Å². The average Bonchev–Trinajstić information content (AvgIpc) is 4.05. The highest BCUT2D eigenvalue weighted by Crippen LogP contribution is 2.58. The van der Waals surface area contributed by atoms with Gasteiger partial charge in [-0.15, -0.1) is 0 Å². The van der Waals surface area contributed by atoms with Crippen molar-refractivity contribution in [1.82, 2.24) is 14.5 Å². The lowest BCUT2D eigenvalue weighted by Gasteiger charge is -2.23. The largest absolute Gasteiger partial charge is 0.309 e. The van der Waals surface area contributed by atoms with E-state index in [-0.39, 0.29) is 0 Å². The van der Waals surface area contributed by atoms with Crippen molar-refractivity contribution < 1.29 is 0 Å². The molecule has 2 aromatic heterocycles. The topological polar surface area (TPSA) is 30.7 Å². The van der Waals surface area contributed by atoms with Crippen molar-refractivity contribution in [2.45, 2.75) is 31.1 Å². The summed E-state index contributed by atoms with van der Waals surface area (Å²) in [4.78, 5) is 10.2. The first-order chi connectivity index (χ1) is 29.7. The molecule has 13 rings (SSSR count). The molecule has 0 radical (unpaired) electrons. The number of aromatic nitrogens is 3. The summed E-state index contributed by atoms with van der Waals surface area (Å²) in [6.07, 6.45) is 5.75. The lowest BCUT2D eigenvalue weighted by Crippen LogP contribution is -2.03. The van der Waals surface area contributed by atoms with Gasteiger partial charge in [0.25, 0.3) is 0 Å². The molecule has 0 amide bonds. The van der Waals surface area contributed by atoms with Crippen molar-refractivity contribution >= 4 is 54.4 Å². The molecule has 2 unspecified atom stereocenters. The van der Waals surface area contributed by atoms with Crippen molar-refractivity contribution in [3.8, 4) is 50.3 Å². The van der Waals surface area contributed by atoms with Gasteiger partial charge in [0.1, 0.15) is 0 Å². The fourth-order valence-corrected chi connectivity index (χ4v) is 11.0. The molecule has 1 saturated carbocycles. The average molecular weight is 766 g/mol. The Kier molecular flexibility index (Phi) is 7.32. The highest BCUT2D eigenvalue weighted by Gasteiger charge is 2.40. The monoisotopic (exact) mass is 765 g/mol. The molecule has 3 heteroatoms. The van der Waals surface area contributed by atoms with Crippen LogP contribution in [0.5, 0.6) is 0 Å². The molecular formula is C57H39N3. The number of benzene rings is 9. The van der Waals surface area contributed by atoms with E-state index in [1.165, 1.54) is 90.9 Å². The van der Waals surface area contributed by atoms with E-state index in [0.717, 1.165) is 33.1 Å². The predicted octanol–water partition coefficient (Wildman–Crippen LogP) is 15.1. The molecule has 60 heavy (non-hydrogen) atoms. The summed E-state index contributed by atoms with van der Waals surface area (Å²) in [5, 5.41) is 7.30. The van der Waals surface area contributed by atoms with E-state index in [9.17, 15) is 0 Å². The van der Waals surface area contributed by atoms with Crippen LogP contribution in [0.4, 0.5) is 0 Å². The van der Waals surface area contributed by atoms with Crippen LogP contribution in [0, 0.1) is 0 Å². The minimum absolute atomic E-state index is 0.616. The normalized spacial score (nSPS) is 15.8. The minimum atomic E-state index is 0.616. The Labute approximate surface area is 348 Å². The van der Waals surface area contributed by atoms with Gasteiger partial charge < -0.3 is 4.57 Å². The highest BCUT2D eigenvalue weighted by molar-refractivity contribution is 6.23. The molecule has 2 atom stereocenters. The third-order valence-corrected chi connectivity index (χ3v) is 13.6. The quantitative estimate of drug-likeness (QED) is 0.163. The molecule has 0 N–H and O–H groups in total. The fourth-order valence-electron chi connectivity index (χ4n) is 11.0. The maximum atomic E-state index is 5.24. The first kappa shape index (κ1) is 33.6. The van der Waals surface area contributed by atoms with E-state index in [2.05, 4.69) is 187 Å². The summed E-state index contributed by atoms with van der Waals surface area (Å²) >= 11 is 0. The van der Waals surface area contributed by atoms with Crippen LogP contribution >= 0.6 is 0 Å².